The Morgan fingerprint density at radius 2 is 2.00 bits per heavy atom. The molecule has 2 N–H and O–H groups in total. The molecule has 0 unspecified atom stereocenters. The predicted octanol–water partition coefficient (Wildman–Crippen LogP) is 4.27. The number of hydrogen-bond acceptors (Lipinski definition) is 2. The molecule has 0 amide bonds. The molecule has 0 saturated carbocycles. The summed E-state index contributed by atoms with van der Waals surface area (Å²) in [5.74, 6) is 0. The molecular weight excluding hydrogens is 281 g/mol. The summed E-state index contributed by atoms with van der Waals surface area (Å²) in [7, 11) is 0. The SMILES string of the molecule is CC(C)(C)NCc1cn[nH]c1-c1cccc(Cl)c1Cl. The number of nitrogens with one attached hydrogen (secondary N) is 2. The number of rotatable bonds is 3. The number of benzene rings is 1. The third-order valence-electron chi connectivity index (χ3n) is 2.75. The molecule has 0 fully saturated rings. The lowest BCUT2D eigenvalue weighted by atomic mass is 10.1. The summed E-state index contributed by atoms with van der Waals surface area (Å²) in [6.07, 6.45) is 1.81. The lowest BCUT2D eigenvalue weighted by Gasteiger charge is -2.20. The van der Waals surface area contributed by atoms with Crippen LogP contribution in [0.5, 0.6) is 0 Å². The molecule has 1 heterocycles. The van der Waals surface area contributed by atoms with Crippen molar-refractivity contribution in [2.24, 2.45) is 0 Å². The number of H-pyrrole nitrogens is 1. The van der Waals surface area contributed by atoms with Crippen LogP contribution in [0.2, 0.25) is 10.0 Å². The van der Waals surface area contributed by atoms with Crippen molar-refractivity contribution >= 4 is 23.2 Å². The minimum Gasteiger partial charge on any atom is -0.308 e. The quantitative estimate of drug-likeness (QED) is 0.888. The van der Waals surface area contributed by atoms with E-state index < -0.39 is 0 Å². The van der Waals surface area contributed by atoms with Gasteiger partial charge in [-0.1, -0.05) is 35.3 Å². The lowest BCUT2D eigenvalue weighted by Crippen LogP contribution is -2.35. The normalized spacial score (nSPS) is 11.8. The fraction of sp³-hybridized carbons (Fsp3) is 0.357. The van der Waals surface area contributed by atoms with E-state index in [1.165, 1.54) is 0 Å². The van der Waals surface area contributed by atoms with Crippen molar-refractivity contribution in [2.45, 2.75) is 32.9 Å². The molecule has 3 nitrogen and oxygen atoms in total. The van der Waals surface area contributed by atoms with Crippen LogP contribution in [0.4, 0.5) is 0 Å². The van der Waals surface area contributed by atoms with Gasteiger partial charge in [-0.3, -0.25) is 5.10 Å². The molecule has 0 aliphatic heterocycles. The van der Waals surface area contributed by atoms with Crippen LogP contribution in [-0.4, -0.2) is 15.7 Å². The van der Waals surface area contributed by atoms with Crippen LogP contribution < -0.4 is 5.32 Å². The maximum Gasteiger partial charge on any atom is 0.0710 e. The fourth-order valence-electron chi connectivity index (χ4n) is 1.74. The molecule has 5 heteroatoms. The van der Waals surface area contributed by atoms with Gasteiger partial charge in [0.1, 0.15) is 0 Å². The second kappa shape index (κ2) is 5.53. The molecule has 1 aromatic carbocycles. The Morgan fingerprint density at radius 1 is 1.26 bits per heavy atom. The van der Waals surface area contributed by atoms with Crippen molar-refractivity contribution in [1.29, 1.82) is 0 Å². The molecular formula is C14H17Cl2N3. The molecule has 0 saturated heterocycles. The van der Waals surface area contributed by atoms with Crippen molar-refractivity contribution in [3.63, 3.8) is 0 Å². The zero-order valence-corrected chi connectivity index (χ0v) is 12.7. The Hall–Kier alpha value is -1.03. The Balaban J connectivity index is 2.31. The standard InChI is InChI=1S/C14H17Cl2N3/c1-14(2,3)17-7-9-8-18-19-13(9)10-5-4-6-11(15)12(10)16/h4-6,8,17H,7H2,1-3H3,(H,18,19). The summed E-state index contributed by atoms with van der Waals surface area (Å²) < 4.78 is 0. The van der Waals surface area contributed by atoms with E-state index >= 15 is 0 Å². The molecule has 0 aliphatic carbocycles. The molecule has 0 radical (unpaired) electrons. The molecule has 1 aromatic heterocycles. The molecule has 0 spiro atoms. The third-order valence-corrected chi connectivity index (χ3v) is 3.57. The monoisotopic (exact) mass is 297 g/mol. The van der Waals surface area contributed by atoms with E-state index in [4.69, 9.17) is 23.2 Å². The minimum atomic E-state index is 0.0483. The van der Waals surface area contributed by atoms with Crippen molar-refractivity contribution in [3.8, 4) is 11.3 Å². The van der Waals surface area contributed by atoms with Crippen LogP contribution in [0.1, 0.15) is 26.3 Å². The molecule has 2 aromatic rings. The smallest absolute Gasteiger partial charge is 0.0710 e. The first kappa shape index (κ1) is 14.4. The summed E-state index contributed by atoms with van der Waals surface area (Å²) in [5.41, 5.74) is 2.90. The van der Waals surface area contributed by atoms with Crippen LogP contribution in [-0.2, 0) is 6.54 Å². The predicted molar refractivity (Wildman–Crippen MR) is 80.6 cm³/mol. The van der Waals surface area contributed by atoms with E-state index in [9.17, 15) is 0 Å². The molecule has 102 valence electrons. The van der Waals surface area contributed by atoms with E-state index in [-0.39, 0.29) is 5.54 Å². The van der Waals surface area contributed by atoms with Crippen molar-refractivity contribution in [1.82, 2.24) is 15.5 Å². The highest BCUT2D eigenvalue weighted by Crippen LogP contribution is 2.33. The van der Waals surface area contributed by atoms with E-state index in [1.54, 1.807) is 6.07 Å². The van der Waals surface area contributed by atoms with Crippen LogP contribution in [0, 0.1) is 0 Å². The lowest BCUT2D eigenvalue weighted by molar-refractivity contribution is 0.424. The summed E-state index contributed by atoms with van der Waals surface area (Å²) in [4.78, 5) is 0. The zero-order chi connectivity index (χ0) is 14.0. The minimum absolute atomic E-state index is 0.0483. The Bertz CT molecular complexity index is 570. The first-order chi connectivity index (χ1) is 8.88. The van der Waals surface area contributed by atoms with Crippen LogP contribution >= 0.6 is 23.2 Å². The van der Waals surface area contributed by atoms with Gasteiger partial charge in [0.05, 0.1) is 21.9 Å². The van der Waals surface area contributed by atoms with E-state index in [0.717, 1.165) is 23.4 Å². The van der Waals surface area contributed by atoms with Crippen LogP contribution in [0.25, 0.3) is 11.3 Å². The Kier molecular flexibility index (Phi) is 4.19. The zero-order valence-electron chi connectivity index (χ0n) is 11.2. The van der Waals surface area contributed by atoms with E-state index in [1.807, 2.05) is 18.3 Å². The molecule has 0 aliphatic rings. The maximum absolute atomic E-state index is 6.25. The summed E-state index contributed by atoms with van der Waals surface area (Å²) >= 11 is 12.3. The van der Waals surface area contributed by atoms with E-state index in [0.29, 0.717) is 10.0 Å². The summed E-state index contributed by atoms with van der Waals surface area (Å²) in [6.45, 7) is 7.09. The highest BCUT2D eigenvalue weighted by Gasteiger charge is 2.15. The van der Waals surface area contributed by atoms with Crippen molar-refractivity contribution < 1.29 is 0 Å². The third kappa shape index (κ3) is 3.50. The summed E-state index contributed by atoms with van der Waals surface area (Å²) in [5, 5.41) is 11.6. The van der Waals surface area contributed by atoms with Crippen molar-refractivity contribution in [2.75, 3.05) is 0 Å². The molecule has 19 heavy (non-hydrogen) atoms. The number of hydrogen-bond donors (Lipinski definition) is 2. The topological polar surface area (TPSA) is 40.7 Å². The number of aromatic amines is 1. The van der Waals surface area contributed by atoms with E-state index in [2.05, 4.69) is 36.3 Å². The second-order valence-electron chi connectivity index (χ2n) is 5.48. The van der Waals surface area contributed by atoms with Gasteiger partial charge in [-0.05, 0) is 26.8 Å². The highest BCUT2D eigenvalue weighted by molar-refractivity contribution is 6.43. The Morgan fingerprint density at radius 3 is 2.68 bits per heavy atom. The summed E-state index contributed by atoms with van der Waals surface area (Å²) in [6, 6.07) is 5.59. The first-order valence-corrected chi connectivity index (χ1v) is 6.86. The molecule has 2 rings (SSSR count). The van der Waals surface area contributed by atoms with Gasteiger partial charge in [-0.2, -0.15) is 5.10 Å². The van der Waals surface area contributed by atoms with Crippen molar-refractivity contribution in [3.05, 3.63) is 40.0 Å². The molecule has 0 atom stereocenters. The van der Waals surface area contributed by atoms with Gasteiger partial charge in [0.15, 0.2) is 0 Å². The van der Waals surface area contributed by atoms with Crippen LogP contribution in [0.3, 0.4) is 0 Å². The van der Waals surface area contributed by atoms with Gasteiger partial charge in [-0.15, -0.1) is 0 Å². The molecule has 0 bridgehead atoms. The Labute approximate surface area is 123 Å². The average Bonchev–Trinajstić information content (AvgIpc) is 2.77. The number of aromatic nitrogens is 2. The van der Waals surface area contributed by atoms with Gasteiger partial charge in [0.2, 0.25) is 0 Å². The van der Waals surface area contributed by atoms with Gasteiger partial charge in [0, 0.05) is 23.2 Å². The van der Waals surface area contributed by atoms with Gasteiger partial charge >= 0.3 is 0 Å². The number of halogens is 2. The van der Waals surface area contributed by atoms with Gasteiger partial charge in [-0.25, -0.2) is 0 Å². The maximum atomic E-state index is 6.25. The van der Waals surface area contributed by atoms with Gasteiger partial charge in [0.25, 0.3) is 0 Å². The first-order valence-electron chi connectivity index (χ1n) is 6.10. The number of nitrogens with zero attached hydrogens (tertiary/aromatic N) is 1. The average molecular weight is 298 g/mol. The fourth-order valence-corrected chi connectivity index (χ4v) is 2.13. The largest absolute Gasteiger partial charge is 0.308 e. The van der Waals surface area contributed by atoms with Gasteiger partial charge < -0.3 is 5.32 Å². The van der Waals surface area contributed by atoms with Crippen LogP contribution in [0.15, 0.2) is 24.4 Å². The highest BCUT2D eigenvalue weighted by atomic mass is 35.5. The second-order valence-corrected chi connectivity index (χ2v) is 6.26.